The number of aliphatic hydroxyl groups excluding tert-OH is 1. The molecule has 1 aromatic carbocycles. The van der Waals surface area contributed by atoms with Crippen LogP contribution in [0.4, 0.5) is 0 Å². The summed E-state index contributed by atoms with van der Waals surface area (Å²) in [4.78, 5) is 2.00. The first-order chi connectivity index (χ1) is 7.63. The van der Waals surface area contributed by atoms with Crippen molar-refractivity contribution in [2.45, 2.75) is 0 Å². The number of benzene rings is 1. The third kappa shape index (κ3) is 4.70. The predicted molar refractivity (Wildman–Crippen MR) is 69.2 cm³/mol. The molecule has 0 saturated heterocycles. The van der Waals surface area contributed by atoms with Crippen LogP contribution in [0.1, 0.15) is 0 Å². The van der Waals surface area contributed by atoms with E-state index in [1.165, 1.54) is 0 Å². The van der Waals surface area contributed by atoms with Crippen molar-refractivity contribution in [3.8, 4) is 5.75 Å². The van der Waals surface area contributed by atoms with Crippen LogP contribution in [0.5, 0.6) is 5.75 Å². The second-order valence-electron chi connectivity index (χ2n) is 3.45. The van der Waals surface area contributed by atoms with Crippen LogP contribution in [0.2, 0.25) is 5.02 Å². The van der Waals surface area contributed by atoms with Crippen LogP contribution in [0, 0.1) is 0 Å². The van der Waals surface area contributed by atoms with Gasteiger partial charge < -0.3 is 14.7 Å². The molecular weight excluding hydrogens is 293 g/mol. The average molecular weight is 309 g/mol. The minimum Gasteiger partial charge on any atom is -0.491 e. The first kappa shape index (κ1) is 13.8. The third-order valence-electron chi connectivity index (χ3n) is 2.11. The summed E-state index contributed by atoms with van der Waals surface area (Å²) >= 11 is 9.20. The molecule has 1 N–H and O–H groups in total. The van der Waals surface area contributed by atoms with E-state index in [4.69, 9.17) is 21.4 Å². The lowest BCUT2D eigenvalue weighted by molar-refractivity contribution is 0.192. The van der Waals surface area contributed by atoms with E-state index in [0.717, 1.165) is 16.8 Å². The molecule has 0 spiro atoms. The molecule has 0 bridgehead atoms. The van der Waals surface area contributed by atoms with Gasteiger partial charge in [0, 0.05) is 18.1 Å². The minimum atomic E-state index is 0.168. The molecule has 16 heavy (non-hydrogen) atoms. The van der Waals surface area contributed by atoms with Crippen LogP contribution in [-0.2, 0) is 0 Å². The van der Waals surface area contributed by atoms with E-state index < -0.39 is 0 Å². The third-order valence-corrected chi connectivity index (χ3v) is 2.96. The Bertz CT molecular complexity index is 336. The molecule has 3 nitrogen and oxygen atoms in total. The number of halogens is 2. The maximum atomic E-state index is 8.72. The molecule has 0 aliphatic carbocycles. The van der Waals surface area contributed by atoms with Gasteiger partial charge in [-0.2, -0.15) is 0 Å². The number of likely N-dealkylation sites (N-methyl/N-ethyl adjacent to an activating group) is 1. The van der Waals surface area contributed by atoms with E-state index in [1.807, 2.05) is 18.0 Å². The Kier molecular flexibility index (Phi) is 6.13. The van der Waals surface area contributed by atoms with Crippen molar-refractivity contribution in [1.82, 2.24) is 4.90 Å². The number of hydrogen-bond donors (Lipinski definition) is 1. The molecule has 0 amide bonds. The van der Waals surface area contributed by atoms with Crippen molar-refractivity contribution in [3.63, 3.8) is 0 Å². The standard InChI is InChI=1S/C11H15BrClNO2/c1-14(4-6-15)5-7-16-11-3-2-9(13)8-10(11)12/h2-3,8,15H,4-7H2,1H3. The van der Waals surface area contributed by atoms with Crippen molar-refractivity contribution in [2.75, 3.05) is 33.4 Å². The Morgan fingerprint density at radius 2 is 2.19 bits per heavy atom. The zero-order valence-electron chi connectivity index (χ0n) is 9.12. The molecule has 0 radical (unpaired) electrons. The van der Waals surface area contributed by atoms with Gasteiger partial charge in [0.1, 0.15) is 12.4 Å². The molecule has 5 heteroatoms. The normalized spacial score (nSPS) is 10.8. The first-order valence-electron chi connectivity index (χ1n) is 5.00. The molecule has 0 aromatic heterocycles. The summed E-state index contributed by atoms with van der Waals surface area (Å²) in [5.74, 6) is 0.779. The van der Waals surface area contributed by atoms with E-state index in [1.54, 1.807) is 12.1 Å². The summed E-state index contributed by atoms with van der Waals surface area (Å²) in [6.07, 6.45) is 0. The minimum absolute atomic E-state index is 0.168. The summed E-state index contributed by atoms with van der Waals surface area (Å²) in [6, 6.07) is 5.42. The molecule has 1 rings (SSSR count). The van der Waals surface area contributed by atoms with Gasteiger partial charge >= 0.3 is 0 Å². The van der Waals surface area contributed by atoms with Crippen LogP contribution in [-0.4, -0.2) is 43.4 Å². The number of hydrogen-bond acceptors (Lipinski definition) is 3. The summed E-state index contributed by atoms with van der Waals surface area (Å²) in [5, 5.41) is 9.40. The second-order valence-corrected chi connectivity index (χ2v) is 4.74. The average Bonchev–Trinajstić information content (AvgIpc) is 2.22. The topological polar surface area (TPSA) is 32.7 Å². The van der Waals surface area contributed by atoms with Crippen LogP contribution in [0.15, 0.2) is 22.7 Å². The van der Waals surface area contributed by atoms with Gasteiger partial charge in [0.2, 0.25) is 0 Å². The zero-order valence-corrected chi connectivity index (χ0v) is 11.5. The number of rotatable bonds is 6. The summed E-state index contributed by atoms with van der Waals surface area (Å²) in [6.45, 7) is 2.18. The van der Waals surface area contributed by atoms with Gasteiger partial charge in [-0.1, -0.05) is 11.6 Å². The van der Waals surface area contributed by atoms with Gasteiger partial charge in [-0.15, -0.1) is 0 Å². The van der Waals surface area contributed by atoms with E-state index >= 15 is 0 Å². The highest BCUT2D eigenvalue weighted by atomic mass is 79.9. The molecule has 0 aliphatic rings. The van der Waals surface area contributed by atoms with Crippen molar-refractivity contribution in [3.05, 3.63) is 27.7 Å². The maximum Gasteiger partial charge on any atom is 0.133 e. The highest BCUT2D eigenvalue weighted by molar-refractivity contribution is 9.10. The molecule has 0 unspecified atom stereocenters. The van der Waals surface area contributed by atoms with E-state index in [-0.39, 0.29) is 6.61 Å². The number of ether oxygens (including phenoxy) is 1. The summed E-state index contributed by atoms with van der Waals surface area (Å²) in [5.41, 5.74) is 0. The molecular formula is C11H15BrClNO2. The van der Waals surface area contributed by atoms with Crippen LogP contribution in [0.3, 0.4) is 0 Å². The second kappa shape index (κ2) is 7.12. The van der Waals surface area contributed by atoms with Gasteiger partial charge in [-0.3, -0.25) is 0 Å². The fraction of sp³-hybridized carbons (Fsp3) is 0.455. The molecule has 1 aromatic rings. The molecule has 0 heterocycles. The molecule has 0 atom stereocenters. The predicted octanol–water partition coefficient (Wildman–Crippen LogP) is 2.41. The van der Waals surface area contributed by atoms with Crippen molar-refractivity contribution >= 4 is 27.5 Å². The monoisotopic (exact) mass is 307 g/mol. The Hall–Kier alpha value is -0.290. The lowest BCUT2D eigenvalue weighted by atomic mass is 10.3. The Morgan fingerprint density at radius 3 is 2.81 bits per heavy atom. The van der Waals surface area contributed by atoms with Gasteiger partial charge in [0.05, 0.1) is 11.1 Å². The first-order valence-corrected chi connectivity index (χ1v) is 6.18. The van der Waals surface area contributed by atoms with Gasteiger partial charge in [-0.25, -0.2) is 0 Å². The van der Waals surface area contributed by atoms with Crippen molar-refractivity contribution in [1.29, 1.82) is 0 Å². The van der Waals surface area contributed by atoms with Crippen LogP contribution < -0.4 is 4.74 Å². The van der Waals surface area contributed by atoms with E-state index in [0.29, 0.717) is 18.2 Å². The zero-order chi connectivity index (χ0) is 12.0. The Labute approximate surface area is 109 Å². The quantitative estimate of drug-likeness (QED) is 0.876. The van der Waals surface area contributed by atoms with Gasteiger partial charge in [-0.05, 0) is 41.2 Å². The van der Waals surface area contributed by atoms with E-state index in [9.17, 15) is 0 Å². The van der Waals surface area contributed by atoms with Crippen LogP contribution >= 0.6 is 27.5 Å². The number of nitrogens with zero attached hydrogens (tertiary/aromatic N) is 1. The molecule has 0 saturated carbocycles. The fourth-order valence-electron chi connectivity index (χ4n) is 1.19. The van der Waals surface area contributed by atoms with Gasteiger partial charge in [0.15, 0.2) is 0 Å². The Balaban J connectivity index is 2.37. The summed E-state index contributed by atoms with van der Waals surface area (Å²) in [7, 11) is 1.94. The number of aliphatic hydroxyl groups is 1. The lowest BCUT2D eigenvalue weighted by Crippen LogP contribution is -2.27. The van der Waals surface area contributed by atoms with Crippen molar-refractivity contribution < 1.29 is 9.84 Å². The SMILES string of the molecule is CN(CCO)CCOc1ccc(Cl)cc1Br. The fourth-order valence-corrected chi connectivity index (χ4v) is 1.98. The lowest BCUT2D eigenvalue weighted by Gasteiger charge is -2.15. The van der Waals surface area contributed by atoms with E-state index in [2.05, 4.69) is 15.9 Å². The molecule has 0 fully saturated rings. The Morgan fingerprint density at radius 1 is 1.44 bits per heavy atom. The highest BCUT2D eigenvalue weighted by Crippen LogP contribution is 2.27. The molecule has 0 aliphatic heterocycles. The van der Waals surface area contributed by atoms with Crippen molar-refractivity contribution in [2.24, 2.45) is 0 Å². The maximum absolute atomic E-state index is 8.72. The van der Waals surface area contributed by atoms with Crippen LogP contribution in [0.25, 0.3) is 0 Å². The highest BCUT2D eigenvalue weighted by Gasteiger charge is 2.02. The summed E-state index contributed by atoms with van der Waals surface area (Å²) < 4.78 is 6.43. The smallest absolute Gasteiger partial charge is 0.133 e. The molecule has 90 valence electrons. The largest absolute Gasteiger partial charge is 0.491 e. The van der Waals surface area contributed by atoms with Gasteiger partial charge in [0.25, 0.3) is 0 Å².